The maximum Gasteiger partial charge on any atom is 0.327 e. The second kappa shape index (κ2) is 13.1. The number of pyridine rings is 2. The van der Waals surface area contributed by atoms with Crippen molar-refractivity contribution in [2.24, 2.45) is 0 Å². The van der Waals surface area contributed by atoms with Gasteiger partial charge >= 0.3 is 5.69 Å². The van der Waals surface area contributed by atoms with Crippen molar-refractivity contribution >= 4 is 22.3 Å². The van der Waals surface area contributed by atoms with Crippen molar-refractivity contribution in [2.75, 3.05) is 0 Å². The zero-order valence-electron chi connectivity index (χ0n) is 29.2. The highest BCUT2D eigenvalue weighted by atomic mass is 16.5. The average molecular weight is 667 g/mol. The van der Waals surface area contributed by atoms with Gasteiger partial charge in [-0.3, -0.25) is 9.55 Å². The molecule has 252 valence electrons. The number of hydrogen-bond acceptors (Lipinski definition) is 8. The highest BCUT2D eigenvalue weighted by Crippen LogP contribution is 2.34. The Bertz CT molecular complexity index is 2500. The third-order valence-electron chi connectivity index (χ3n) is 9.23. The van der Waals surface area contributed by atoms with Crippen LogP contribution in [0.25, 0.3) is 44.6 Å². The van der Waals surface area contributed by atoms with Crippen molar-refractivity contribution < 1.29 is 9.05 Å². The molecule has 8 aromatic rings. The molecule has 11 nitrogen and oxygen atoms in total. The van der Waals surface area contributed by atoms with Gasteiger partial charge in [-0.15, -0.1) is 0 Å². The van der Waals surface area contributed by atoms with Crippen molar-refractivity contribution in [3.63, 3.8) is 0 Å². The number of H-pyrrole nitrogens is 1. The third kappa shape index (κ3) is 5.80. The quantitative estimate of drug-likeness (QED) is 0.191. The monoisotopic (exact) mass is 666 g/mol. The standard InChI is InChI=1S/C20H20N4O.C19H18N4O2/c1-12-17(18-13(2)23-25-14(18)3)10-21-20-19(12)24(15(4)22-20)11-16-8-6-5-7-9-16;1-11-15(16-12(2)22-25-13(16)3)9-20-18-17(11)23(19(24)21-18)10-14-7-5-4-6-8-14/h5-10H,11H2,1-4H3;4-9H,10H2,1-3H3,(H,20,21,24). The first-order valence-electron chi connectivity index (χ1n) is 16.5. The minimum Gasteiger partial charge on any atom is -0.361 e. The molecule has 0 amide bonds. The Balaban J connectivity index is 0.000000157. The van der Waals surface area contributed by atoms with Gasteiger partial charge in [0, 0.05) is 41.2 Å². The van der Waals surface area contributed by atoms with E-state index in [1.165, 1.54) is 5.56 Å². The second-order valence-electron chi connectivity index (χ2n) is 12.6. The first kappa shape index (κ1) is 32.4. The molecule has 2 aromatic carbocycles. The van der Waals surface area contributed by atoms with Crippen LogP contribution in [-0.2, 0) is 13.1 Å². The van der Waals surface area contributed by atoms with Gasteiger partial charge in [0.15, 0.2) is 11.3 Å². The molecule has 0 aliphatic carbocycles. The number of aromatic amines is 1. The van der Waals surface area contributed by atoms with Crippen molar-refractivity contribution in [2.45, 2.75) is 61.6 Å². The molecule has 0 fully saturated rings. The predicted molar refractivity (Wildman–Crippen MR) is 193 cm³/mol. The lowest BCUT2D eigenvalue weighted by atomic mass is 10.0. The fourth-order valence-corrected chi connectivity index (χ4v) is 6.76. The molecule has 1 N–H and O–H groups in total. The smallest absolute Gasteiger partial charge is 0.327 e. The lowest BCUT2D eigenvalue weighted by molar-refractivity contribution is 0.393. The topological polar surface area (TPSA) is 133 Å². The maximum absolute atomic E-state index is 12.5. The fourth-order valence-electron chi connectivity index (χ4n) is 6.76. The lowest BCUT2D eigenvalue weighted by Gasteiger charge is -2.11. The number of fused-ring (bicyclic) bond motifs is 2. The van der Waals surface area contributed by atoms with E-state index < -0.39 is 0 Å². The highest BCUT2D eigenvalue weighted by Gasteiger charge is 2.21. The molecular formula is C39H38N8O3. The van der Waals surface area contributed by atoms with Gasteiger partial charge in [-0.2, -0.15) is 0 Å². The summed E-state index contributed by atoms with van der Waals surface area (Å²) in [6.45, 7) is 15.1. The zero-order valence-corrected chi connectivity index (χ0v) is 29.2. The average Bonchev–Trinajstić information content (AvgIpc) is 3.82. The summed E-state index contributed by atoms with van der Waals surface area (Å²) in [5.41, 5.74) is 13.2. The van der Waals surface area contributed by atoms with Crippen molar-refractivity contribution in [1.29, 1.82) is 0 Å². The Morgan fingerprint density at radius 2 is 1.14 bits per heavy atom. The number of rotatable bonds is 6. The molecule has 8 rings (SSSR count). The van der Waals surface area contributed by atoms with E-state index in [1.807, 2.05) is 84.1 Å². The van der Waals surface area contributed by atoms with Gasteiger partial charge in [-0.05, 0) is 70.7 Å². The number of benzene rings is 2. The number of imidazole rings is 2. The molecule has 0 aliphatic heterocycles. The van der Waals surface area contributed by atoms with E-state index in [0.717, 1.165) is 90.9 Å². The molecule has 0 spiro atoms. The second-order valence-corrected chi connectivity index (χ2v) is 12.6. The minimum absolute atomic E-state index is 0.162. The van der Waals surface area contributed by atoms with Gasteiger partial charge in [-0.1, -0.05) is 71.0 Å². The summed E-state index contributed by atoms with van der Waals surface area (Å²) in [4.78, 5) is 29.0. The number of hydrogen-bond donors (Lipinski definition) is 1. The molecular weight excluding hydrogens is 628 g/mol. The number of nitrogens with one attached hydrogen (secondary N) is 1. The summed E-state index contributed by atoms with van der Waals surface area (Å²) in [5.74, 6) is 2.52. The van der Waals surface area contributed by atoms with Crippen LogP contribution in [0.2, 0.25) is 0 Å². The molecule has 0 saturated heterocycles. The van der Waals surface area contributed by atoms with Crippen LogP contribution in [-0.4, -0.2) is 39.4 Å². The Labute approximate surface area is 288 Å². The van der Waals surface area contributed by atoms with Crippen LogP contribution in [0.5, 0.6) is 0 Å². The van der Waals surface area contributed by atoms with E-state index in [0.29, 0.717) is 12.2 Å². The normalized spacial score (nSPS) is 11.3. The largest absolute Gasteiger partial charge is 0.361 e. The Morgan fingerprint density at radius 3 is 1.66 bits per heavy atom. The van der Waals surface area contributed by atoms with Crippen LogP contribution in [0.4, 0.5) is 0 Å². The summed E-state index contributed by atoms with van der Waals surface area (Å²) in [6, 6.07) is 20.3. The van der Waals surface area contributed by atoms with Crippen LogP contribution < -0.4 is 5.69 Å². The van der Waals surface area contributed by atoms with Crippen molar-refractivity contribution in [1.82, 2.24) is 39.4 Å². The minimum atomic E-state index is -0.162. The molecule has 6 heterocycles. The van der Waals surface area contributed by atoms with Crippen LogP contribution in [0.1, 0.15) is 51.0 Å². The SMILES string of the molecule is Cc1noc(C)c1-c1cnc2[nH]c(=O)n(Cc3ccccc3)c2c1C.Cc1noc(C)c1-c1cnc2nc(C)n(Cc3ccccc3)c2c1C. The Kier molecular flexibility index (Phi) is 8.48. The first-order chi connectivity index (χ1) is 24.1. The molecule has 50 heavy (non-hydrogen) atoms. The molecule has 0 atom stereocenters. The number of aryl methyl sites for hydroxylation is 7. The van der Waals surface area contributed by atoms with E-state index in [2.05, 4.69) is 66.0 Å². The molecule has 6 aromatic heterocycles. The molecule has 0 radical (unpaired) electrons. The summed E-state index contributed by atoms with van der Waals surface area (Å²) >= 11 is 0. The van der Waals surface area contributed by atoms with Crippen LogP contribution in [0.3, 0.4) is 0 Å². The van der Waals surface area contributed by atoms with Gasteiger partial charge in [0.25, 0.3) is 0 Å². The number of nitrogens with zero attached hydrogens (tertiary/aromatic N) is 7. The van der Waals surface area contributed by atoms with Crippen LogP contribution in [0, 0.1) is 48.5 Å². The van der Waals surface area contributed by atoms with Crippen LogP contribution in [0.15, 0.2) is 86.9 Å². The molecule has 0 unspecified atom stereocenters. The predicted octanol–water partition coefficient (Wildman–Crippen LogP) is 7.72. The first-order valence-corrected chi connectivity index (χ1v) is 16.5. The number of aromatic nitrogens is 8. The van der Waals surface area contributed by atoms with E-state index >= 15 is 0 Å². The van der Waals surface area contributed by atoms with Gasteiger partial charge in [0.05, 0.1) is 29.0 Å². The lowest BCUT2D eigenvalue weighted by Crippen LogP contribution is -2.17. The van der Waals surface area contributed by atoms with Crippen molar-refractivity contribution in [3.8, 4) is 22.3 Å². The Hall–Kier alpha value is -6.10. The summed E-state index contributed by atoms with van der Waals surface area (Å²) < 4.78 is 14.6. The van der Waals surface area contributed by atoms with Gasteiger partial charge < -0.3 is 13.6 Å². The summed E-state index contributed by atoms with van der Waals surface area (Å²) in [7, 11) is 0. The van der Waals surface area contributed by atoms with Crippen molar-refractivity contribution in [3.05, 3.63) is 135 Å². The molecule has 11 heteroatoms. The van der Waals surface area contributed by atoms with E-state index in [1.54, 1.807) is 10.8 Å². The summed E-state index contributed by atoms with van der Waals surface area (Å²) in [5, 5.41) is 8.11. The maximum atomic E-state index is 12.5. The molecule has 0 bridgehead atoms. The fraction of sp³-hybridized carbons (Fsp3) is 0.231. The van der Waals surface area contributed by atoms with Crippen LogP contribution >= 0.6 is 0 Å². The Morgan fingerprint density at radius 1 is 0.640 bits per heavy atom. The van der Waals surface area contributed by atoms with Gasteiger partial charge in [0.1, 0.15) is 17.3 Å². The zero-order chi connectivity index (χ0) is 35.1. The van der Waals surface area contributed by atoms with Gasteiger partial charge in [0.2, 0.25) is 0 Å². The van der Waals surface area contributed by atoms with E-state index in [9.17, 15) is 4.79 Å². The summed E-state index contributed by atoms with van der Waals surface area (Å²) in [6.07, 6.45) is 3.65. The molecule has 0 aliphatic rings. The van der Waals surface area contributed by atoms with E-state index in [-0.39, 0.29) is 5.69 Å². The highest BCUT2D eigenvalue weighted by molar-refractivity contribution is 5.86. The third-order valence-corrected chi connectivity index (χ3v) is 9.23. The van der Waals surface area contributed by atoms with Gasteiger partial charge in [-0.25, -0.2) is 19.7 Å². The molecule has 0 saturated carbocycles. The van der Waals surface area contributed by atoms with E-state index in [4.69, 9.17) is 9.05 Å².